The summed E-state index contributed by atoms with van der Waals surface area (Å²) in [7, 11) is 1.78. The SMILES string of the molecule is CN(CC(=O)c1ccc(O)cc1O)CC1(O)CCCC1. The van der Waals surface area contributed by atoms with E-state index < -0.39 is 5.60 Å². The van der Waals surface area contributed by atoms with E-state index in [0.717, 1.165) is 31.7 Å². The van der Waals surface area contributed by atoms with Gasteiger partial charge in [0.2, 0.25) is 0 Å². The van der Waals surface area contributed by atoms with Crippen LogP contribution in [0.3, 0.4) is 0 Å². The summed E-state index contributed by atoms with van der Waals surface area (Å²) in [4.78, 5) is 13.9. The van der Waals surface area contributed by atoms with Gasteiger partial charge in [-0.25, -0.2) is 0 Å². The van der Waals surface area contributed by atoms with Gasteiger partial charge in [-0.15, -0.1) is 0 Å². The van der Waals surface area contributed by atoms with Gasteiger partial charge in [-0.1, -0.05) is 12.8 Å². The highest BCUT2D eigenvalue weighted by molar-refractivity contribution is 6.00. The first-order valence-corrected chi connectivity index (χ1v) is 6.86. The van der Waals surface area contributed by atoms with Gasteiger partial charge in [0.15, 0.2) is 5.78 Å². The lowest BCUT2D eigenvalue weighted by Gasteiger charge is -2.28. The normalized spacial score (nSPS) is 17.6. The molecular weight excluding hydrogens is 258 g/mol. The van der Waals surface area contributed by atoms with E-state index in [-0.39, 0.29) is 29.4 Å². The van der Waals surface area contributed by atoms with Gasteiger partial charge < -0.3 is 15.3 Å². The van der Waals surface area contributed by atoms with E-state index >= 15 is 0 Å². The Balaban J connectivity index is 1.96. The average molecular weight is 279 g/mol. The van der Waals surface area contributed by atoms with Crippen molar-refractivity contribution in [3.05, 3.63) is 23.8 Å². The summed E-state index contributed by atoms with van der Waals surface area (Å²) in [5.74, 6) is -0.526. The molecule has 0 aromatic heterocycles. The maximum atomic E-state index is 12.1. The molecule has 0 radical (unpaired) electrons. The first kappa shape index (κ1) is 14.8. The number of hydrogen-bond donors (Lipinski definition) is 3. The zero-order valence-corrected chi connectivity index (χ0v) is 11.7. The first-order chi connectivity index (χ1) is 9.39. The zero-order valence-electron chi connectivity index (χ0n) is 11.7. The molecule has 20 heavy (non-hydrogen) atoms. The van der Waals surface area contributed by atoms with Crippen molar-refractivity contribution in [1.82, 2.24) is 4.90 Å². The molecule has 2 rings (SSSR count). The summed E-state index contributed by atoms with van der Waals surface area (Å²) < 4.78 is 0. The number of aromatic hydroxyl groups is 2. The highest BCUT2D eigenvalue weighted by Crippen LogP contribution is 2.30. The number of hydrogen-bond acceptors (Lipinski definition) is 5. The number of likely N-dealkylation sites (N-methyl/N-ethyl adjacent to an activating group) is 1. The minimum Gasteiger partial charge on any atom is -0.508 e. The molecular formula is C15H21NO4. The highest BCUT2D eigenvalue weighted by atomic mass is 16.3. The summed E-state index contributed by atoms with van der Waals surface area (Å²) in [5.41, 5.74) is -0.500. The lowest BCUT2D eigenvalue weighted by molar-refractivity contribution is 0.0172. The van der Waals surface area contributed by atoms with Gasteiger partial charge in [-0.2, -0.15) is 0 Å². The van der Waals surface area contributed by atoms with Crippen LogP contribution in [0.2, 0.25) is 0 Å². The Morgan fingerprint density at radius 3 is 2.55 bits per heavy atom. The maximum Gasteiger partial charge on any atom is 0.180 e. The van der Waals surface area contributed by atoms with Crippen molar-refractivity contribution in [2.24, 2.45) is 0 Å². The third kappa shape index (κ3) is 3.49. The quantitative estimate of drug-likeness (QED) is 0.712. The Labute approximate surface area is 118 Å². The fourth-order valence-corrected chi connectivity index (χ4v) is 2.84. The fraction of sp³-hybridized carbons (Fsp3) is 0.533. The lowest BCUT2D eigenvalue weighted by Crippen LogP contribution is -2.41. The van der Waals surface area contributed by atoms with Crippen molar-refractivity contribution in [2.45, 2.75) is 31.3 Å². The summed E-state index contributed by atoms with van der Waals surface area (Å²) >= 11 is 0. The molecule has 0 atom stereocenters. The van der Waals surface area contributed by atoms with Crippen LogP contribution in [-0.4, -0.2) is 51.7 Å². The number of carbonyl (C=O) groups excluding carboxylic acids is 1. The summed E-state index contributed by atoms with van der Waals surface area (Å²) in [5, 5.41) is 29.2. The van der Waals surface area contributed by atoms with Crippen LogP contribution in [0.5, 0.6) is 11.5 Å². The molecule has 110 valence electrons. The van der Waals surface area contributed by atoms with Crippen LogP contribution in [0.1, 0.15) is 36.0 Å². The number of Topliss-reactive ketones (excluding diaryl/α,β-unsaturated/α-hetero) is 1. The van der Waals surface area contributed by atoms with Crippen LogP contribution in [0.25, 0.3) is 0 Å². The highest BCUT2D eigenvalue weighted by Gasteiger charge is 2.32. The third-order valence-electron chi connectivity index (χ3n) is 3.79. The van der Waals surface area contributed by atoms with Crippen molar-refractivity contribution >= 4 is 5.78 Å². The molecule has 0 saturated heterocycles. The number of rotatable bonds is 5. The Hall–Kier alpha value is -1.59. The van der Waals surface area contributed by atoms with Gasteiger partial charge in [-0.05, 0) is 32.0 Å². The second-order valence-corrected chi connectivity index (χ2v) is 5.73. The molecule has 0 bridgehead atoms. The minimum atomic E-state index is -0.688. The number of aliphatic hydroxyl groups is 1. The number of phenolic OH excluding ortho intramolecular Hbond substituents is 2. The zero-order chi connectivity index (χ0) is 14.8. The molecule has 1 fully saturated rings. The van der Waals surface area contributed by atoms with Gasteiger partial charge in [0, 0.05) is 12.6 Å². The van der Waals surface area contributed by atoms with Crippen LogP contribution in [0, 0.1) is 0 Å². The van der Waals surface area contributed by atoms with Crippen molar-refractivity contribution < 1.29 is 20.1 Å². The topological polar surface area (TPSA) is 81.0 Å². The van der Waals surface area contributed by atoms with E-state index in [1.165, 1.54) is 12.1 Å². The Morgan fingerprint density at radius 2 is 1.95 bits per heavy atom. The molecule has 0 spiro atoms. The van der Waals surface area contributed by atoms with E-state index in [1.807, 2.05) is 0 Å². The second kappa shape index (κ2) is 5.81. The summed E-state index contributed by atoms with van der Waals surface area (Å²) in [6.07, 6.45) is 3.60. The predicted molar refractivity (Wildman–Crippen MR) is 75.0 cm³/mol. The van der Waals surface area contributed by atoms with Gasteiger partial charge >= 0.3 is 0 Å². The Kier molecular flexibility index (Phi) is 4.30. The Morgan fingerprint density at radius 1 is 1.30 bits per heavy atom. The standard InChI is InChI=1S/C15H21NO4/c1-16(10-15(20)6-2-3-7-15)9-14(19)12-5-4-11(17)8-13(12)18/h4-5,8,17-18,20H,2-3,6-7,9-10H2,1H3. The average Bonchev–Trinajstić information content (AvgIpc) is 2.74. The Bertz CT molecular complexity index is 495. The monoisotopic (exact) mass is 279 g/mol. The van der Waals surface area contributed by atoms with Crippen molar-refractivity contribution in [3.63, 3.8) is 0 Å². The molecule has 1 aliphatic carbocycles. The van der Waals surface area contributed by atoms with E-state index in [9.17, 15) is 20.1 Å². The van der Waals surface area contributed by atoms with Crippen LogP contribution < -0.4 is 0 Å². The summed E-state index contributed by atoms with van der Waals surface area (Å²) in [6.45, 7) is 0.582. The molecule has 5 nitrogen and oxygen atoms in total. The van der Waals surface area contributed by atoms with Gasteiger partial charge in [-0.3, -0.25) is 9.69 Å². The molecule has 5 heteroatoms. The summed E-state index contributed by atoms with van der Waals surface area (Å²) in [6, 6.07) is 3.93. The minimum absolute atomic E-state index is 0.0762. The van der Waals surface area contributed by atoms with Gasteiger partial charge in [0.05, 0.1) is 17.7 Å². The molecule has 0 unspecified atom stereocenters. The van der Waals surface area contributed by atoms with Crippen LogP contribution >= 0.6 is 0 Å². The number of phenols is 2. The van der Waals surface area contributed by atoms with E-state index in [2.05, 4.69) is 0 Å². The molecule has 1 aromatic carbocycles. The van der Waals surface area contributed by atoms with Gasteiger partial charge in [0.25, 0.3) is 0 Å². The molecule has 1 saturated carbocycles. The van der Waals surface area contributed by atoms with Crippen LogP contribution in [0.4, 0.5) is 0 Å². The van der Waals surface area contributed by atoms with Crippen molar-refractivity contribution in [3.8, 4) is 11.5 Å². The van der Waals surface area contributed by atoms with Gasteiger partial charge in [0.1, 0.15) is 11.5 Å². The number of carbonyl (C=O) groups is 1. The van der Waals surface area contributed by atoms with Crippen molar-refractivity contribution in [1.29, 1.82) is 0 Å². The number of nitrogens with zero attached hydrogens (tertiary/aromatic N) is 1. The number of benzene rings is 1. The second-order valence-electron chi connectivity index (χ2n) is 5.73. The molecule has 1 aromatic rings. The molecule has 1 aliphatic rings. The lowest BCUT2D eigenvalue weighted by atomic mass is 10.0. The molecule has 3 N–H and O–H groups in total. The van der Waals surface area contributed by atoms with E-state index in [4.69, 9.17) is 0 Å². The maximum absolute atomic E-state index is 12.1. The van der Waals surface area contributed by atoms with Crippen molar-refractivity contribution in [2.75, 3.05) is 20.1 Å². The molecule has 0 amide bonds. The van der Waals surface area contributed by atoms with E-state index in [1.54, 1.807) is 11.9 Å². The molecule has 0 aliphatic heterocycles. The van der Waals surface area contributed by atoms with E-state index in [0.29, 0.717) is 6.54 Å². The van der Waals surface area contributed by atoms with Crippen LogP contribution in [-0.2, 0) is 0 Å². The smallest absolute Gasteiger partial charge is 0.180 e. The number of ketones is 1. The fourth-order valence-electron chi connectivity index (χ4n) is 2.84. The third-order valence-corrected chi connectivity index (χ3v) is 3.79. The van der Waals surface area contributed by atoms with Crippen LogP contribution in [0.15, 0.2) is 18.2 Å². The predicted octanol–water partition coefficient (Wildman–Crippen LogP) is 1.52. The largest absolute Gasteiger partial charge is 0.508 e. The molecule has 0 heterocycles. The first-order valence-electron chi connectivity index (χ1n) is 6.86.